The van der Waals surface area contributed by atoms with Gasteiger partial charge in [0.2, 0.25) is 5.91 Å². The number of anilines is 1. The van der Waals surface area contributed by atoms with Crippen LogP contribution in [-0.4, -0.2) is 13.0 Å². The average molecular weight is 321 g/mol. The fourth-order valence-corrected chi connectivity index (χ4v) is 2.41. The van der Waals surface area contributed by atoms with Crippen molar-refractivity contribution in [2.75, 3.05) is 12.4 Å². The van der Waals surface area contributed by atoms with Crippen LogP contribution in [0.1, 0.15) is 5.56 Å². The topological polar surface area (TPSA) is 38.3 Å². The first-order chi connectivity index (χ1) is 11.7. The molecule has 0 fully saturated rings. The molecule has 0 bridgehead atoms. The summed E-state index contributed by atoms with van der Waals surface area (Å²) in [5, 5.41) is 4.96. The summed E-state index contributed by atoms with van der Waals surface area (Å²) in [5.74, 6) is -0.566. The predicted octanol–water partition coefficient (Wildman–Crippen LogP) is 4.64. The summed E-state index contributed by atoms with van der Waals surface area (Å²) >= 11 is 0. The first-order valence-electron chi connectivity index (χ1n) is 7.47. The van der Waals surface area contributed by atoms with E-state index in [1.54, 1.807) is 12.1 Å². The van der Waals surface area contributed by atoms with Gasteiger partial charge in [0, 0.05) is 11.8 Å². The van der Waals surface area contributed by atoms with Gasteiger partial charge in [0.1, 0.15) is 0 Å². The first kappa shape index (κ1) is 15.7. The lowest BCUT2D eigenvalue weighted by Gasteiger charge is -2.04. The largest absolute Gasteiger partial charge is 0.494 e. The molecule has 0 aliphatic rings. The molecular weight excluding hydrogens is 305 g/mol. The highest BCUT2D eigenvalue weighted by Crippen LogP contribution is 2.20. The van der Waals surface area contributed by atoms with Crippen LogP contribution in [0, 0.1) is 5.82 Å². The monoisotopic (exact) mass is 321 g/mol. The van der Waals surface area contributed by atoms with Crippen molar-refractivity contribution < 1.29 is 13.9 Å². The van der Waals surface area contributed by atoms with Gasteiger partial charge in [-0.1, -0.05) is 36.4 Å². The number of halogens is 1. The van der Waals surface area contributed by atoms with Crippen molar-refractivity contribution in [1.82, 2.24) is 0 Å². The lowest BCUT2D eigenvalue weighted by molar-refractivity contribution is -0.111. The molecule has 0 aliphatic heterocycles. The lowest BCUT2D eigenvalue weighted by Crippen LogP contribution is -2.07. The van der Waals surface area contributed by atoms with E-state index in [1.807, 2.05) is 42.5 Å². The van der Waals surface area contributed by atoms with Gasteiger partial charge in [0.25, 0.3) is 0 Å². The number of hydrogen-bond donors (Lipinski definition) is 1. The van der Waals surface area contributed by atoms with E-state index >= 15 is 0 Å². The molecule has 24 heavy (non-hydrogen) atoms. The standard InChI is InChI=1S/C20H16FNO2/c1-24-19-10-6-14(12-18(19)21)7-11-20(23)22-17-9-8-15-4-2-3-5-16(15)13-17/h2-13H,1H3,(H,22,23)/b11-7+. The molecule has 0 unspecified atom stereocenters. The zero-order valence-electron chi connectivity index (χ0n) is 13.1. The lowest BCUT2D eigenvalue weighted by atomic mass is 10.1. The van der Waals surface area contributed by atoms with Crippen LogP contribution in [0.2, 0.25) is 0 Å². The van der Waals surface area contributed by atoms with Crippen LogP contribution in [0.3, 0.4) is 0 Å². The van der Waals surface area contributed by atoms with Gasteiger partial charge in [0.15, 0.2) is 11.6 Å². The third kappa shape index (κ3) is 3.60. The average Bonchev–Trinajstić information content (AvgIpc) is 2.60. The van der Waals surface area contributed by atoms with E-state index in [2.05, 4.69) is 5.32 Å². The maximum absolute atomic E-state index is 13.6. The molecule has 1 N–H and O–H groups in total. The van der Waals surface area contributed by atoms with Crippen LogP contribution < -0.4 is 10.1 Å². The highest BCUT2D eigenvalue weighted by molar-refractivity contribution is 6.03. The molecule has 3 aromatic carbocycles. The minimum atomic E-state index is -0.463. The van der Waals surface area contributed by atoms with Gasteiger partial charge >= 0.3 is 0 Å². The second-order valence-corrected chi connectivity index (χ2v) is 5.28. The molecule has 0 spiro atoms. The molecule has 0 saturated carbocycles. The number of benzene rings is 3. The van der Waals surface area contributed by atoms with Crippen LogP contribution in [0.4, 0.5) is 10.1 Å². The van der Waals surface area contributed by atoms with Crippen LogP contribution >= 0.6 is 0 Å². The molecule has 0 heterocycles. The Kier molecular flexibility index (Phi) is 4.57. The normalized spacial score (nSPS) is 10.9. The number of hydrogen-bond acceptors (Lipinski definition) is 2. The minimum absolute atomic E-state index is 0.174. The van der Waals surface area contributed by atoms with Gasteiger partial charge < -0.3 is 10.1 Å². The molecule has 3 nitrogen and oxygen atoms in total. The van der Waals surface area contributed by atoms with E-state index in [1.165, 1.54) is 25.3 Å². The van der Waals surface area contributed by atoms with E-state index < -0.39 is 5.82 Å². The van der Waals surface area contributed by atoms with Gasteiger partial charge in [-0.05, 0) is 46.7 Å². The highest BCUT2D eigenvalue weighted by Gasteiger charge is 2.03. The summed E-state index contributed by atoms with van der Waals surface area (Å²) in [5.41, 5.74) is 1.30. The molecule has 0 aromatic heterocycles. The molecule has 0 atom stereocenters. The number of amides is 1. The smallest absolute Gasteiger partial charge is 0.248 e. The number of carbonyl (C=O) groups excluding carboxylic acids is 1. The summed E-state index contributed by atoms with van der Waals surface area (Å²) in [4.78, 5) is 12.0. The van der Waals surface area contributed by atoms with Crippen molar-refractivity contribution in [3.8, 4) is 5.75 Å². The summed E-state index contributed by atoms with van der Waals surface area (Å²) in [6, 6.07) is 18.2. The van der Waals surface area contributed by atoms with Gasteiger partial charge in [0.05, 0.1) is 7.11 Å². The van der Waals surface area contributed by atoms with Gasteiger partial charge in [-0.15, -0.1) is 0 Å². The quantitative estimate of drug-likeness (QED) is 0.711. The Labute approximate surface area is 139 Å². The first-order valence-corrected chi connectivity index (χ1v) is 7.47. The second kappa shape index (κ2) is 6.96. The number of ether oxygens (including phenoxy) is 1. The van der Waals surface area contributed by atoms with Crippen LogP contribution in [0.15, 0.2) is 66.7 Å². The molecule has 4 heteroatoms. The molecule has 3 aromatic rings. The molecule has 1 amide bonds. The SMILES string of the molecule is COc1ccc(/C=C/C(=O)Nc2ccc3ccccc3c2)cc1F. The maximum atomic E-state index is 13.6. The van der Waals surface area contributed by atoms with Crippen molar-refractivity contribution in [3.63, 3.8) is 0 Å². The highest BCUT2D eigenvalue weighted by atomic mass is 19.1. The van der Waals surface area contributed by atoms with Gasteiger partial charge in [-0.3, -0.25) is 4.79 Å². The number of fused-ring (bicyclic) bond motifs is 1. The van der Waals surface area contributed by atoms with Crippen molar-refractivity contribution in [2.45, 2.75) is 0 Å². The fraction of sp³-hybridized carbons (Fsp3) is 0.0500. The van der Waals surface area contributed by atoms with Crippen LogP contribution in [0.5, 0.6) is 5.75 Å². The summed E-state index contributed by atoms with van der Waals surface area (Å²) < 4.78 is 18.5. The third-order valence-corrected chi connectivity index (χ3v) is 3.62. The van der Waals surface area contributed by atoms with E-state index in [9.17, 15) is 9.18 Å². The second-order valence-electron chi connectivity index (χ2n) is 5.28. The number of nitrogens with one attached hydrogen (secondary N) is 1. The Morgan fingerprint density at radius 2 is 1.83 bits per heavy atom. The summed E-state index contributed by atoms with van der Waals surface area (Å²) in [7, 11) is 1.41. The molecular formula is C20H16FNO2. The van der Waals surface area contributed by atoms with Crippen LogP contribution in [-0.2, 0) is 4.79 Å². The van der Waals surface area contributed by atoms with E-state index in [4.69, 9.17) is 4.74 Å². The van der Waals surface area contributed by atoms with E-state index in [0.717, 1.165) is 10.8 Å². The van der Waals surface area contributed by atoms with E-state index in [0.29, 0.717) is 11.3 Å². The van der Waals surface area contributed by atoms with Crippen molar-refractivity contribution in [1.29, 1.82) is 0 Å². The molecule has 3 rings (SSSR count). The Hall–Kier alpha value is -3.14. The van der Waals surface area contributed by atoms with Crippen LogP contribution in [0.25, 0.3) is 16.8 Å². The Balaban J connectivity index is 1.71. The molecule has 0 saturated heterocycles. The number of rotatable bonds is 4. The fourth-order valence-electron chi connectivity index (χ4n) is 2.41. The number of carbonyl (C=O) groups is 1. The summed E-state index contributed by atoms with van der Waals surface area (Å²) in [6.45, 7) is 0. The van der Waals surface area contributed by atoms with Crippen molar-refractivity contribution in [2.24, 2.45) is 0 Å². The van der Waals surface area contributed by atoms with Gasteiger partial charge in [-0.25, -0.2) is 4.39 Å². The summed E-state index contributed by atoms with van der Waals surface area (Å²) in [6.07, 6.45) is 2.93. The third-order valence-electron chi connectivity index (χ3n) is 3.62. The Morgan fingerprint density at radius 3 is 2.58 bits per heavy atom. The Bertz CT molecular complexity index is 918. The number of methoxy groups -OCH3 is 1. The molecule has 0 radical (unpaired) electrons. The maximum Gasteiger partial charge on any atom is 0.248 e. The van der Waals surface area contributed by atoms with Crippen molar-refractivity contribution in [3.05, 3.63) is 78.1 Å². The van der Waals surface area contributed by atoms with Gasteiger partial charge in [-0.2, -0.15) is 0 Å². The molecule has 120 valence electrons. The predicted molar refractivity (Wildman–Crippen MR) is 94.6 cm³/mol. The van der Waals surface area contributed by atoms with Crippen molar-refractivity contribution >= 4 is 28.4 Å². The Morgan fingerprint density at radius 1 is 1.04 bits per heavy atom. The zero-order chi connectivity index (χ0) is 16.9. The zero-order valence-corrected chi connectivity index (χ0v) is 13.1. The van der Waals surface area contributed by atoms with E-state index in [-0.39, 0.29) is 11.7 Å². The minimum Gasteiger partial charge on any atom is -0.494 e. The molecule has 0 aliphatic carbocycles.